The summed E-state index contributed by atoms with van der Waals surface area (Å²) in [7, 11) is 0. The van der Waals surface area contributed by atoms with Gasteiger partial charge in [-0.1, -0.05) is 6.07 Å². The van der Waals surface area contributed by atoms with Crippen LogP contribution in [0, 0.1) is 0 Å². The van der Waals surface area contributed by atoms with Crippen molar-refractivity contribution in [2.45, 2.75) is 32.4 Å². The van der Waals surface area contributed by atoms with Crippen LogP contribution < -0.4 is 5.32 Å². The van der Waals surface area contributed by atoms with E-state index >= 15 is 0 Å². The van der Waals surface area contributed by atoms with Crippen molar-refractivity contribution in [3.63, 3.8) is 0 Å². The normalized spacial score (nSPS) is 21.4. The highest BCUT2D eigenvalue weighted by Gasteiger charge is 2.18. The van der Waals surface area contributed by atoms with E-state index in [9.17, 15) is 0 Å². The number of hydrogen-bond donors (Lipinski definition) is 1. The lowest BCUT2D eigenvalue weighted by Crippen LogP contribution is -2.34. The predicted molar refractivity (Wildman–Crippen MR) is 66.2 cm³/mol. The molecule has 0 spiro atoms. The first-order chi connectivity index (χ1) is 7.86. The van der Waals surface area contributed by atoms with Gasteiger partial charge in [0.05, 0.1) is 5.69 Å². The number of hydrogen-bond acceptors (Lipinski definition) is 3. The summed E-state index contributed by atoms with van der Waals surface area (Å²) in [6.45, 7) is 6.69. The second kappa shape index (κ2) is 5.97. The first-order valence-corrected chi connectivity index (χ1v) is 6.21. The molecule has 88 valence electrons. The van der Waals surface area contributed by atoms with Crippen LogP contribution >= 0.6 is 0 Å². The number of rotatable bonds is 5. The van der Waals surface area contributed by atoms with Gasteiger partial charge in [-0.2, -0.15) is 0 Å². The summed E-state index contributed by atoms with van der Waals surface area (Å²) in [5, 5.41) is 3.44. The lowest BCUT2D eigenvalue weighted by Gasteiger charge is -2.20. The van der Waals surface area contributed by atoms with E-state index in [2.05, 4.69) is 28.2 Å². The van der Waals surface area contributed by atoms with E-state index in [1.54, 1.807) is 0 Å². The Hall–Kier alpha value is -0.930. The van der Waals surface area contributed by atoms with Gasteiger partial charge in [0.1, 0.15) is 0 Å². The summed E-state index contributed by atoms with van der Waals surface area (Å²) in [6, 6.07) is 6.82. The smallest absolute Gasteiger partial charge is 0.0541 e. The van der Waals surface area contributed by atoms with Gasteiger partial charge in [-0.15, -0.1) is 0 Å². The molecule has 1 aromatic heterocycles. The SMILES string of the molecule is CC1CCCN1CCNCc1ccccn1. The molecule has 2 rings (SSSR count). The van der Waals surface area contributed by atoms with Crippen molar-refractivity contribution in [1.29, 1.82) is 0 Å². The summed E-state index contributed by atoms with van der Waals surface area (Å²) in [4.78, 5) is 6.85. The molecule has 1 aromatic rings. The minimum Gasteiger partial charge on any atom is -0.310 e. The molecule has 0 amide bonds. The van der Waals surface area contributed by atoms with Crippen LogP contribution in [-0.2, 0) is 6.54 Å². The van der Waals surface area contributed by atoms with Crippen molar-refractivity contribution in [2.24, 2.45) is 0 Å². The van der Waals surface area contributed by atoms with Crippen LogP contribution in [0.2, 0.25) is 0 Å². The molecule has 0 bridgehead atoms. The van der Waals surface area contributed by atoms with Gasteiger partial charge in [0.25, 0.3) is 0 Å². The van der Waals surface area contributed by atoms with Crippen LogP contribution in [0.1, 0.15) is 25.5 Å². The van der Waals surface area contributed by atoms with E-state index in [1.165, 1.54) is 19.4 Å². The van der Waals surface area contributed by atoms with Gasteiger partial charge < -0.3 is 5.32 Å². The molecule has 1 fully saturated rings. The van der Waals surface area contributed by atoms with E-state index in [0.29, 0.717) is 0 Å². The van der Waals surface area contributed by atoms with E-state index < -0.39 is 0 Å². The summed E-state index contributed by atoms with van der Waals surface area (Å²) in [5.41, 5.74) is 1.12. The quantitative estimate of drug-likeness (QED) is 0.763. The first-order valence-electron chi connectivity index (χ1n) is 6.21. The highest BCUT2D eigenvalue weighted by Crippen LogP contribution is 2.14. The summed E-state index contributed by atoms with van der Waals surface area (Å²) < 4.78 is 0. The summed E-state index contributed by atoms with van der Waals surface area (Å²) in [6.07, 6.45) is 4.57. The highest BCUT2D eigenvalue weighted by molar-refractivity contribution is 5.02. The molecule has 0 saturated carbocycles. The number of aromatic nitrogens is 1. The molecule has 0 aliphatic carbocycles. The fraction of sp³-hybridized carbons (Fsp3) is 0.615. The maximum Gasteiger partial charge on any atom is 0.0541 e. The van der Waals surface area contributed by atoms with Gasteiger partial charge in [0.2, 0.25) is 0 Å². The van der Waals surface area contributed by atoms with Crippen LogP contribution in [0.4, 0.5) is 0 Å². The van der Waals surface area contributed by atoms with E-state index in [0.717, 1.165) is 31.4 Å². The lowest BCUT2D eigenvalue weighted by atomic mass is 10.2. The first kappa shape index (κ1) is 11.6. The Bertz CT molecular complexity index is 299. The Labute approximate surface area is 97.9 Å². The summed E-state index contributed by atoms with van der Waals surface area (Å²) in [5.74, 6) is 0. The van der Waals surface area contributed by atoms with Crippen LogP contribution in [-0.4, -0.2) is 35.6 Å². The van der Waals surface area contributed by atoms with Gasteiger partial charge >= 0.3 is 0 Å². The minimum absolute atomic E-state index is 0.775. The fourth-order valence-electron chi connectivity index (χ4n) is 2.27. The third-order valence-corrected chi connectivity index (χ3v) is 3.30. The van der Waals surface area contributed by atoms with Gasteiger partial charge in [-0.05, 0) is 38.4 Å². The van der Waals surface area contributed by atoms with Crippen LogP contribution in [0.3, 0.4) is 0 Å². The van der Waals surface area contributed by atoms with Crippen LogP contribution in [0.25, 0.3) is 0 Å². The zero-order valence-corrected chi connectivity index (χ0v) is 10.0. The average molecular weight is 219 g/mol. The topological polar surface area (TPSA) is 28.2 Å². The molecule has 0 radical (unpaired) electrons. The molecule has 0 aromatic carbocycles. The molecule has 16 heavy (non-hydrogen) atoms. The van der Waals surface area contributed by atoms with Crippen molar-refractivity contribution in [3.8, 4) is 0 Å². The molecule has 1 unspecified atom stereocenters. The van der Waals surface area contributed by atoms with E-state index in [-0.39, 0.29) is 0 Å². The zero-order chi connectivity index (χ0) is 11.2. The number of nitrogens with one attached hydrogen (secondary N) is 1. The van der Waals surface area contributed by atoms with E-state index in [1.807, 2.05) is 18.3 Å². The molecule has 3 heteroatoms. The van der Waals surface area contributed by atoms with Crippen LogP contribution in [0.5, 0.6) is 0 Å². The number of pyridine rings is 1. The number of likely N-dealkylation sites (tertiary alicyclic amines) is 1. The molecule has 1 N–H and O–H groups in total. The van der Waals surface area contributed by atoms with Gasteiger partial charge in [0.15, 0.2) is 0 Å². The molecule has 3 nitrogen and oxygen atoms in total. The number of nitrogens with zero attached hydrogens (tertiary/aromatic N) is 2. The highest BCUT2D eigenvalue weighted by atomic mass is 15.2. The Morgan fingerprint density at radius 2 is 2.44 bits per heavy atom. The molecular formula is C13H21N3. The second-order valence-electron chi connectivity index (χ2n) is 4.53. The maximum absolute atomic E-state index is 4.29. The van der Waals surface area contributed by atoms with E-state index in [4.69, 9.17) is 0 Å². The molecule has 1 atom stereocenters. The Balaban J connectivity index is 1.62. The zero-order valence-electron chi connectivity index (χ0n) is 10.0. The predicted octanol–water partition coefficient (Wildman–Crippen LogP) is 1.66. The van der Waals surface area contributed by atoms with Crippen molar-refractivity contribution in [3.05, 3.63) is 30.1 Å². The minimum atomic E-state index is 0.775. The van der Waals surface area contributed by atoms with Gasteiger partial charge in [-0.25, -0.2) is 0 Å². The van der Waals surface area contributed by atoms with Gasteiger partial charge in [-0.3, -0.25) is 9.88 Å². The molecule has 2 heterocycles. The van der Waals surface area contributed by atoms with Crippen molar-refractivity contribution in [1.82, 2.24) is 15.2 Å². The van der Waals surface area contributed by atoms with Crippen molar-refractivity contribution in [2.75, 3.05) is 19.6 Å². The second-order valence-corrected chi connectivity index (χ2v) is 4.53. The Morgan fingerprint density at radius 1 is 1.50 bits per heavy atom. The Morgan fingerprint density at radius 3 is 3.12 bits per heavy atom. The third kappa shape index (κ3) is 3.29. The Kier molecular flexibility index (Phi) is 4.31. The van der Waals surface area contributed by atoms with Crippen molar-refractivity contribution < 1.29 is 0 Å². The molecule has 1 aliphatic heterocycles. The third-order valence-electron chi connectivity index (χ3n) is 3.30. The van der Waals surface area contributed by atoms with Crippen LogP contribution in [0.15, 0.2) is 24.4 Å². The maximum atomic E-state index is 4.29. The molecule has 1 saturated heterocycles. The largest absolute Gasteiger partial charge is 0.310 e. The molecule has 1 aliphatic rings. The standard InChI is InChI=1S/C13H21N3/c1-12-5-4-9-16(12)10-8-14-11-13-6-2-3-7-15-13/h2-3,6-7,12,14H,4-5,8-11H2,1H3. The van der Waals surface area contributed by atoms with Crippen molar-refractivity contribution >= 4 is 0 Å². The average Bonchev–Trinajstić information content (AvgIpc) is 2.72. The van der Waals surface area contributed by atoms with Gasteiger partial charge in [0, 0.05) is 31.9 Å². The monoisotopic (exact) mass is 219 g/mol. The lowest BCUT2D eigenvalue weighted by molar-refractivity contribution is 0.268. The molecular weight excluding hydrogens is 198 g/mol. The summed E-state index contributed by atoms with van der Waals surface area (Å²) >= 11 is 0. The fourth-order valence-corrected chi connectivity index (χ4v) is 2.27.